The van der Waals surface area contributed by atoms with Gasteiger partial charge in [-0.25, -0.2) is 0 Å². The molecule has 0 aromatic carbocycles. The van der Waals surface area contributed by atoms with E-state index in [9.17, 15) is 0 Å². The van der Waals surface area contributed by atoms with E-state index >= 15 is 0 Å². The molecule has 0 radical (unpaired) electrons. The van der Waals surface area contributed by atoms with Crippen molar-refractivity contribution < 1.29 is 0 Å². The number of nitrogens with zero attached hydrogens (tertiary/aromatic N) is 5. The molecule has 7 nitrogen and oxygen atoms in total. The van der Waals surface area contributed by atoms with Crippen LogP contribution in [0.15, 0.2) is 42.2 Å². The quantitative estimate of drug-likeness (QED) is 0.294. The van der Waals surface area contributed by atoms with Gasteiger partial charge in [-0.15, -0.1) is 34.2 Å². The highest BCUT2D eigenvalue weighted by Crippen LogP contribution is 1.92. The van der Waals surface area contributed by atoms with Crippen LogP contribution in [0, 0.1) is 0 Å². The normalized spacial score (nSPS) is 11.0. The van der Waals surface area contributed by atoms with Gasteiger partial charge in [0.05, 0.1) is 0 Å². The summed E-state index contributed by atoms with van der Waals surface area (Å²) >= 11 is 0. The minimum atomic E-state index is 0. The Morgan fingerprint density at radius 3 is 2.32 bits per heavy atom. The number of halogens is 1. The molecule has 0 aliphatic heterocycles. The monoisotopic (exact) mass is 417 g/mol. The number of unbranched alkanes of at least 4 members (excludes halogenated alkanes) is 1. The summed E-state index contributed by atoms with van der Waals surface area (Å²) in [5, 5.41) is 14.2. The van der Waals surface area contributed by atoms with E-state index in [4.69, 9.17) is 0 Å². The number of guanidine groups is 1. The third-order valence-electron chi connectivity index (χ3n) is 3.15. The first-order chi connectivity index (χ1) is 10.4. The fraction of sp³-hybridized carbons (Fsp3) is 0.500. The summed E-state index contributed by atoms with van der Waals surface area (Å²) in [7, 11) is 1.79. The first-order valence-corrected chi connectivity index (χ1v) is 7.26. The maximum atomic E-state index is 4.21. The Morgan fingerprint density at radius 2 is 1.64 bits per heavy atom. The van der Waals surface area contributed by atoms with E-state index in [0.29, 0.717) is 0 Å². The molecule has 0 aliphatic carbocycles. The van der Waals surface area contributed by atoms with E-state index in [1.807, 2.05) is 16.7 Å². The van der Waals surface area contributed by atoms with Gasteiger partial charge < -0.3 is 19.8 Å². The second-order valence-electron chi connectivity index (χ2n) is 4.75. The lowest BCUT2D eigenvalue weighted by atomic mass is 10.3. The van der Waals surface area contributed by atoms with Crippen LogP contribution in [0.1, 0.15) is 12.8 Å². The van der Waals surface area contributed by atoms with Crippen LogP contribution in [0.3, 0.4) is 0 Å². The molecule has 0 atom stereocenters. The van der Waals surface area contributed by atoms with Gasteiger partial charge in [-0.2, -0.15) is 0 Å². The van der Waals surface area contributed by atoms with E-state index in [0.717, 1.165) is 45.0 Å². The second-order valence-corrected chi connectivity index (χ2v) is 4.75. The Balaban J connectivity index is 0.00000242. The van der Waals surface area contributed by atoms with Crippen molar-refractivity contribution in [1.29, 1.82) is 0 Å². The number of hydrogen-bond donors (Lipinski definition) is 2. The van der Waals surface area contributed by atoms with Gasteiger partial charge in [0.2, 0.25) is 0 Å². The van der Waals surface area contributed by atoms with Crippen LogP contribution >= 0.6 is 24.0 Å². The molecule has 22 heavy (non-hydrogen) atoms. The molecule has 2 aromatic heterocycles. The number of aryl methyl sites for hydroxylation is 1. The summed E-state index contributed by atoms with van der Waals surface area (Å²) in [6, 6.07) is 4.06. The minimum Gasteiger partial charge on any atom is -0.356 e. The Morgan fingerprint density at radius 1 is 0.955 bits per heavy atom. The third kappa shape index (κ3) is 6.92. The molecule has 0 unspecified atom stereocenters. The third-order valence-corrected chi connectivity index (χ3v) is 3.15. The first kappa shape index (κ1) is 18.5. The molecule has 2 N–H and O–H groups in total. The highest BCUT2D eigenvalue weighted by molar-refractivity contribution is 14.0. The molecular weight excluding hydrogens is 393 g/mol. The van der Waals surface area contributed by atoms with Crippen molar-refractivity contribution in [3.8, 4) is 0 Å². The fourth-order valence-corrected chi connectivity index (χ4v) is 2.01. The number of nitrogens with one attached hydrogen (secondary N) is 2. The van der Waals surface area contributed by atoms with Crippen molar-refractivity contribution in [1.82, 2.24) is 30.0 Å². The highest BCUT2D eigenvalue weighted by Gasteiger charge is 1.97. The van der Waals surface area contributed by atoms with Crippen molar-refractivity contribution in [2.45, 2.75) is 25.9 Å². The molecule has 0 bridgehead atoms. The topological polar surface area (TPSA) is 72.1 Å². The van der Waals surface area contributed by atoms with E-state index in [2.05, 4.69) is 42.8 Å². The Kier molecular flexibility index (Phi) is 9.28. The lowest BCUT2D eigenvalue weighted by molar-refractivity contribution is 0.595. The molecule has 122 valence electrons. The fourth-order valence-electron chi connectivity index (χ4n) is 2.01. The maximum absolute atomic E-state index is 4.21. The lowest BCUT2D eigenvalue weighted by Crippen LogP contribution is -2.39. The summed E-state index contributed by atoms with van der Waals surface area (Å²) in [5.74, 6) is 0.853. The predicted octanol–water partition coefficient (Wildman–Crippen LogP) is 1.34. The summed E-state index contributed by atoms with van der Waals surface area (Å²) in [4.78, 5) is 4.21. The molecule has 0 spiro atoms. The Bertz CT molecular complexity index is 507. The molecule has 2 heterocycles. The molecule has 0 amide bonds. The highest BCUT2D eigenvalue weighted by atomic mass is 127. The van der Waals surface area contributed by atoms with Crippen molar-refractivity contribution in [2.75, 3.05) is 20.1 Å². The minimum absolute atomic E-state index is 0. The van der Waals surface area contributed by atoms with Gasteiger partial charge >= 0.3 is 0 Å². The van der Waals surface area contributed by atoms with Crippen LogP contribution in [0.4, 0.5) is 0 Å². The van der Waals surface area contributed by atoms with E-state index in [1.54, 1.807) is 19.7 Å². The molecule has 0 saturated carbocycles. The van der Waals surface area contributed by atoms with Gasteiger partial charge in [-0.3, -0.25) is 4.99 Å². The molecule has 0 saturated heterocycles. The van der Waals surface area contributed by atoms with Gasteiger partial charge in [0.15, 0.2) is 5.96 Å². The van der Waals surface area contributed by atoms with Gasteiger partial charge in [-0.05, 0) is 25.0 Å². The van der Waals surface area contributed by atoms with Crippen LogP contribution in [0.2, 0.25) is 0 Å². The maximum Gasteiger partial charge on any atom is 0.191 e. The van der Waals surface area contributed by atoms with Crippen LogP contribution in [-0.4, -0.2) is 45.4 Å². The second kappa shape index (κ2) is 11.0. The van der Waals surface area contributed by atoms with Crippen LogP contribution < -0.4 is 10.6 Å². The van der Waals surface area contributed by atoms with Crippen molar-refractivity contribution in [3.05, 3.63) is 37.2 Å². The van der Waals surface area contributed by atoms with Gasteiger partial charge in [0, 0.05) is 45.6 Å². The molecule has 0 aliphatic rings. The van der Waals surface area contributed by atoms with Crippen molar-refractivity contribution in [3.63, 3.8) is 0 Å². The number of aromatic nitrogens is 4. The number of rotatable bonds is 8. The van der Waals surface area contributed by atoms with Gasteiger partial charge in [0.25, 0.3) is 0 Å². The van der Waals surface area contributed by atoms with E-state index in [1.165, 1.54) is 0 Å². The van der Waals surface area contributed by atoms with Crippen molar-refractivity contribution >= 4 is 29.9 Å². The molecular formula is C14H24IN7. The average molecular weight is 417 g/mol. The summed E-state index contributed by atoms with van der Waals surface area (Å²) in [6.07, 6.45) is 9.78. The molecule has 2 rings (SSSR count). The lowest BCUT2D eigenvalue weighted by Gasteiger charge is -2.12. The zero-order chi connectivity index (χ0) is 14.8. The zero-order valence-electron chi connectivity index (χ0n) is 12.9. The predicted molar refractivity (Wildman–Crippen MR) is 98.5 cm³/mol. The van der Waals surface area contributed by atoms with Crippen LogP contribution in [0.25, 0.3) is 0 Å². The Hall–Kier alpha value is -1.58. The van der Waals surface area contributed by atoms with Crippen molar-refractivity contribution in [2.24, 2.45) is 4.99 Å². The van der Waals surface area contributed by atoms with Crippen LogP contribution in [0.5, 0.6) is 0 Å². The summed E-state index contributed by atoms with van der Waals surface area (Å²) < 4.78 is 4.13. The van der Waals surface area contributed by atoms with E-state index in [-0.39, 0.29) is 24.0 Å². The molecule has 0 fully saturated rings. The smallest absolute Gasteiger partial charge is 0.191 e. The first-order valence-electron chi connectivity index (χ1n) is 7.26. The van der Waals surface area contributed by atoms with Gasteiger partial charge in [-0.1, -0.05) is 0 Å². The summed E-state index contributed by atoms with van der Waals surface area (Å²) in [5.41, 5.74) is 0. The number of hydrogen-bond acceptors (Lipinski definition) is 3. The standard InChI is InChI=1S/C14H23N7.HI/c1-15-14(17-7-11-20-8-4-5-9-20)16-6-2-3-10-21-12-18-19-13-21;/h4-5,8-9,12-13H,2-3,6-7,10-11H2,1H3,(H2,15,16,17);1H. The van der Waals surface area contributed by atoms with Gasteiger partial charge in [0.1, 0.15) is 12.7 Å². The number of aliphatic imine (C=N–C) groups is 1. The molecule has 8 heteroatoms. The molecule has 2 aromatic rings. The largest absolute Gasteiger partial charge is 0.356 e. The van der Waals surface area contributed by atoms with Crippen LogP contribution in [-0.2, 0) is 13.1 Å². The summed E-state index contributed by atoms with van der Waals surface area (Å²) in [6.45, 7) is 3.65. The Labute approximate surface area is 148 Å². The van der Waals surface area contributed by atoms with E-state index < -0.39 is 0 Å². The SMILES string of the molecule is CN=C(NCCCCn1cnnc1)NCCn1cccc1.I. The zero-order valence-corrected chi connectivity index (χ0v) is 15.2. The average Bonchev–Trinajstić information content (AvgIpc) is 3.18.